The summed E-state index contributed by atoms with van der Waals surface area (Å²) in [7, 11) is 0. The molecule has 0 aliphatic heterocycles. The van der Waals surface area contributed by atoms with Crippen LogP contribution in [0.2, 0.25) is 0 Å². The van der Waals surface area contributed by atoms with Crippen LogP contribution in [-0.4, -0.2) is 5.71 Å². The minimum absolute atomic E-state index is 0.654. The Bertz CT molecular complexity index is 4580. The Labute approximate surface area is 468 Å². The van der Waals surface area contributed by atoms with Crippen LogP contribution in [0.1, 0.15) is 50.9 Å². The van der Waals surface area contributed by atoms with Crippen molar-refractivity contribution in [3.8, 4) is 33.4 Å². The molecule has 11 aromatic rings. The Kier molecular flexibility index (Phi) is 12.2. The Morgan fingerprint density at radius 1 is 0.450 bits per heavy atom. The number of rotatable bonds is 10. The predicted molar refractivity (Wildman–Crippen MR) is 340 cm³/mol. The summed E-state index contributed by atoms with van der Waals surface area (Å²) in [4.78, 5) is 5.30. The van der Waals surface area contributed by atoms with Crippen molar-refractivity contribution in [3.63, 3.8) is 0 Å². The number of aliphatic imine (C=N–C) groups is 1. The minimum atomic E-state index is -0.654. The number of allylic oxidation sites excluding steroid dienone is 9. The molecule has 3 aliphatic carbocycles. The van der Waals surface area contributed by atoms with Crippen LogP contribution < -0.4 is 10.4 Å². The van der Waals surface area contributed by atoms with Gasteiger partial charge in [-0.15, -0.1) is 0 Å². The van der Waals surface area contributed by atoms with Crippen molar-refractivity contribution in [2.75, 3.05) is 0 Å². The average Bonchev–Trinajstić information content (AvgIpc) is 3.92. The third-order valence-corrected chi connectivity index (χ3v) is 16.6. The van der Waals surface area contributed by atoms with Gasteiger partial charge in [0.05, 0.1) is 16.8 Å². The highest BCUT2D eigenvalue weighted by atomic mass is 14.8. The maximum Gasteiger partial charge on any atom is 0.0715 e. The molecule has 80 heavy (non-hydrogen) atoms. The van der Waals surface area contributed by atoms with Crippen molar-refractivity contribution in [3.05, 3.63) is 365 Å². The van der Waals surface area contributed by atoms with Gasteiger partial charge in [-0.1, -0.05) is 274 Å². The minimum Gasteiger partial charge on any atom is -0.248 e. The highest BCUT2D eigenvalue weighted by molar-refractivity contribution is 6.18. The van der Waals surface area contributed by atoms with E-state index in [1.165, 1.54) is 104 Å². The van der Waals surface area contributed by atoms with Gasteiger partial charge >= 0.3 is 0 Å². The largest absolute Gasteiger partial charge is 0.248 e. The highest BCUT2D eigenvalue weighted by Crippen LogP contribution is 2.57. The van der Waals surface area contributed by atoms with Crippen LogP contribution in [0.25, 0.3) is 83.4 Å². The fraction of sp³-hybridized carbons (Fsp3) is 0.0253. The summed E-state index contributed by atoms with van der Waals surface area (Å²) in [6.45, 7) is 9.04. The monoisotopic (exact) mass is 1020 g/mol. The summed E-state index contributed by atoms with van der Waals surface area (Å²) in [6, 6.07) is 93.4. The maximum absolute atomic E-state index is 5.30. The quantitative estimate of drug-likeness (QED) is 0.129. The van der Waals surface area contributed by atoms with E-state index in [0.29, 0.717) is 5.70 Å². The molecule has 1 nitrogen and oxygen atoms in total. The molecular formula is C79H55N. The molecule has 11 aromatic carbocycles. The van der Waals surface area contributed by atoms with Crippen molar-refractivity contribution in [1.29, 1.82) is 0 Å². The Morgan fingerprint density at radius 2 is 1.02 bits per heavy atom. The first-order chi connectivity index (χ1) is 39.5. The van der Waals surface area contributed by atoms with Gasteiger partial charge in [0.2, 0.25) is 0 Å². The van der Waals surface area contributed by atoms with Crippen molar-refractivity contribution in [2.45, 2.75) is 11.8 Å². The summed E-state index contributed by atoms with van der Waals surface area (Å²) in [5.41, 5.74) is 22.0. The van der Waals surface area contributed by atoms with E-state index in [2.05, 4.69) is 304 Å². The molecule has 0 amide bonds. The third kappa shape index (κ3) is 8.31. The summed E-state index contributed by atoms with van der Waals surface area (Å²) in [6.07, 6.45) is 16.0. The summed E-state index contributed by atoms with van der Waals surface area (Å²) in [5, 5.41) is 7.41. The van der Waals surface area contributed by atoms with Gasteiger partial charge in [-0.2, -0.15) is 0 Å². The second-order valence-corrected chi connectivity index (χ2v) is 21.0. The zero-order valence-corrected chi connectivity index (χ0v) is 44.4. The number of benzene rings is 11. The van der Waals surface area contributed by atoms with E-state index in [-0.39, 0.29) is 0 Å². The van der Waals surface area contributed by atoms with E-state index in [1.807, 2.05) is 6.08 Å². The van der Waals surface area contributed by atoms with Crippen molar-refractivity contribution in [1.82, 2.24) is 0 Å². The van der Waals surface area contributed by atoms with Gasteiger partial charge in [-0.25, -0.2) is 4.99 Å². The first kappa shape index (κ1) is 48.2. The number of hydrogen-bond acceptors (Lipinski definition) is 1. The average molecular weight is 1020 g/mol. The van der Waals surface area contributed by atoms with Crippen molar-refractivity contribution < 1.29 is 0 Å². The molecule has 0 bridgehead atoms. The van der Waals surface area contributed by atoms with Crippen LogP contribution in [0.3, 0.4) is 0 Å². The zero-order chi connectivity index (χ0) is 53.6. The highest BCUT2D eigenvalue weighted by Gasteiger charge is 2.46. The first-order valence-electron chi connectivity index (χ1n) is 27.6. The molecule has 0 aromatic heterocycles. The lowest BCUT2D eigenvalue weighted by Gasteiger charge is -2.34. The van der Waals surface area contributed by atoms with Crippen LogP contribution >= 0.6 is 0 Å². The molecular weight excluding hydrogens is 963 g/mol. The van der Waals surface area contributed by atoms with Crippen LogP contribution in [-0.2, 0) is 5.41 Å². The van der Waals surface area contributed by atoms with Crippen LogP contribution in [0.15, 0.2) is 315 Å². The fourth-order valence-corrected chi connectivity index (χ4v) is 12.8. The first-order valence-corrected chi connectivity index (χ1v) is 27.6. The van der Waals surface area contributed by atoms with E-state index in [9.17, 15) is 0 Å². The van der Waals surface area contributed by atoms with Gasteiger partial charge in [0.1, 0.15) is 0 Å². The third-order valence-electron chi connectivity index (χ3n) is 16.6. The van der Waals surface area contributed by atoms with Crippen molar-refractivity contribution >= 4 is 55.7 Å². The second-order valence-electron chi connectivity index (χ2n) is 21.0. The molecule has 0 N–H and O–H groups in total. The van der Waals surface area contributed by atoms with E-state index < -0.39 is 5.41 Å². The molecule has 0 atom stereocenters. The summed E-state index contributed by atoms with van der Waals surface area (Å²) in [5.74, 6) is 0. The fourth-order valence-electron chi connectivity index (χ4n) is 12.8. The maximum atomic E-state index is 5.30. The number of nitrogens with zero attached hydrogens (tertiary/aromatic N) is 1. The van der Waals surface area contributed by atoms with Gasteiger partial charge in [0, 0.05) is 11.1 Å². The van der Waals surface area contributed by atoms with E-state index >= 15 is 0 Å². The molecule has 3 aliphatic rings. The smallest absolute Gasteiger partial charge is 0.0715 e. The van der Waals surface area contributed by atoms with Gasteiger partial charge in [-0.3, -0.25) is 0 Å². The van der Waals surface area contributed by atoms with Crippen LogP contribution in [0, 0.1) is 0 Å². The Balaban J connectivity index is 0.881. The van der Waals surface area contributed by atoms with E-state index in [4.69, 9.17) is 4.99 Å². The second kappa shape index (κ2) is 20.3. The lowest BCUT2D eigenvalue weighted by atomic mass is 9.67. The molecule has 14 rings (SSSR count). The van der Waals surface area contributed by atoms with E-state index in [0.717, 1.165) is 40.0 Å². The molecule has 0 spiro atoms. The number of hydrogen-bond donors (Lipinski definition) is 0. The zero-order valence-electron chi connectivity index (χ0n) is 44.4. The van der Waals surface area contributed by atoms with Gasteiger partial charge in [0.25, 0.3) is 0 Å². The Hall–Kier alpha value is -10.2. The van der Waals surface area contributed by atoms with Gasteiger partial charge in [-0.05, 0) is 164 Å². The number of fused-ring (bicyclic) bond motifs is 6. The van der Waals surface area contributed by atoms with E-state index in [1.54, 1.807) is 0 Å². The summed E-state index contributed by atoms with van der Waals surface area (Å²) >= 11 is 0. The van der Waals surface area contributed by atoms with Crippen LogP contribution in [0.5, 0.6) is 0 Å². The molecule has 0 unspecified atom stereocenters. The molecule has 0 radical (unpaired) electrons. The molecule has 376 valence electrons. The summed E-state index contributed by atoms with van der Waals surface area (Å²) < 4.78 is 0. The molecule has 0 heterocycles. The van der Waals surface area contributed by atoms with Crippen LogP contribution in [0.4, 0.5) is 0 Å². The predicted octanol–water partition coefficient (Wildman–Crippen LogP) is 18.3. The molecule has 0 saturated heterocycles. The molecule has 0 saturated carbocycles. The molecule has 1 heteroatoms. The Morgan fingerprint density at radius 3 is 1.74 bits per heavy atom. The van der Waals surface area contributed by atoms with Crippen molar-refractivity contribution in [2.24, 2.45) is 4.99 Å². The SMILES string of the molecule is C=C/C(=C1/C=CC=CC1=NC(=C)c1cccc(-c2cccc3ccccc23)c1)c1ccc2c(c1)C(c1ccccc1)(c1ccccc1)c1cc(C3=c4ccccc4=CC(c4cccc(-c5cccc6ccccc56)c4)=CC3)ccc1-2. The lowest BCUT2D eigenvalue weighted by molar-refractivity contribution is 0.767. The molecule has 0 fully saturated rings. The normalized spacial score (nSPS) is 15.1. The lowest BCUT2D eigenvalue weighted by Crippen LogP contribution is -2.29. The van der Waals surface area contributed by atoms with Gasteiger partial charge in [0.15, 0.2) is 0 Å². The topological polar surface area (TPSA) is 12.4 Å². The van der Waals surface area contributed by atoms with Gasteiger partial charge < -0.3 is 0 Å². The standard InChI is InChI=1S/C79H55N/c1-3-66(75-38-16-17-41-78(75)80-53(2)56-27-18-29-60(48-56)70-39-20-25-54-22-10-13-35-67(54)70)62-43-46-73-74-47-44-63(52-77(74)79(76(73)51-62,64-31-6-4-7-32-64)65-33-8-5-9-34-65)72-45-42-58(50-59-24-12-15-37-69(59)72)57-28-19-30-61(49-57)71-40-21-26-55-23-11-14-36-68(55)71/h3-44,46-52H,1-2,45H2/b75-66+,80-78?.